The molecule has 0 fully saturated rings. The highest BCUT2D eigenvalue weighted by Gasteiger charge is 2.57. The zero-order valence-corrected chi connectivity index (χ0v) is 62.6. The maximum absolute atomic E-state index is 7.13. The monoisotopic (exact) mass is 1440 g/mol. The van der Waals surface area contributed by atoms with Crippen molar-refractivity contribution in [1.82, 2.24) is 0 Å². The van der Waals surface area contributed by atoms with Gasteiger partial charge in [-0.1, -0.05) is 276 Å². The van der Waals surface area contributed by atoms with Gasteiger partial charge in [0.25, 0.3) is 0 Å². The van der Waals surface area contributed by atoms with Gasteiger partial charge in [0.15, 0.2) is 0 Å². The van der Waals surface area contributed by atoms with Crippen LogP contribution in [0.1, 0.15) is 100 Å². The number of fused-ring (bicyclic) bond motifs is 39. The molecule has 0 N–H and O–H groups in total. The van der Waals surface area contributed by atoms with Crippen molar-refractivity contribution >= 4 is 71.7 Å². The lowest BCUT2D eigenvalue weighted by atomic mass is 9.68. The van der Waals surface area contributed by atoms with Gasteiger partial charge in [0.1, 0.15) is 34.7 Å². The Kier molecular flexibility index (Phi) is 11.9. The summed E-state index contributed by atoms with van der Waals surface area (Å²) in [5.41, 5.74) is 43.2. The first-order valence-electron chi connectivity index (χ1n) is 39.8. The zero-order chi connectivity index (χ0) is 74.3. The first-order valence-corrected chi connectivity index (χ1v) is 39.8. The summed E-state index contributed by atoms with van der Waals surface area (Å²) in [6.07, 6.45) is 0. The number of anilines is 3. The third kappa shape index (κ3) is 7.67. The highest BCUT2D eigenvalue weighted by molar-refractivity contribution is 6.20. The van der Waals surface area contributed by atoms with Gasteiger partial charge in [0.05, 0.1) is 10.8 Å². The van der Waals surface area contributed by atoms with Crippen LogP contribution in [0.25, 0.3) is 155 Å². The van der Waals surface area contributed by atoms with E-state index in [1.54, 1.807) is 0 Å². The molecule has 26 rings (SSSR count). The number of ether oxygens (including phenoxy) is 1. The van der Waals surface area contributed by atoms with E-state index in [4.69, 9.17) is 13.6 Å². The Bertz CT molecular complexity index is 7490. The number of rotatable bonds is 5. The molecule has 0 bridgehead atoms. The molecule has 19 aromatic rings. The molecule has 1 aliphatic heterocycles. The van der Waals surface area contributed by atoms with Crippen LogP contribution in [-0.4, -0.2) is 0 Å². The Balaban J connectivity index is 0.738. The van der Waals surface area contributed by atoms with E-state index in [1.807, 2.05) is 0 Å². The lowest BCUT2D eigenvalue weighted by molar-refractivity contribution is 0.303. The third-order valence-electron chi connectivity index (χ3n) is 27.5. The van der Waals surface area contributed by atoms with Gasteiger partial charge >= 0.3 is 0 Å². The van der Waals surface area contributed by atoms with Crippen LogP contribution in [0.4, 0.5) is 17.1 Å². The fraction of sp³-hybridized carbons (Fsp3) is 0.0826. The quantitative estimate of drug-likeness (QED) is 0.172. The molecule has 113 heavy (non-hydrogen) atoms. The molecule has 0 saturated heterocycles. The minimum atomic E-state index is -0.749. The minimum absolute atomic E-state index is 0.434. The van der Waals surface area contributed by atoms with Crippen molar-refractivity contribution in [3.05, 3.63) is 406 Å². The van der Waals surface area contributed by atoms with Crippen LogP contribution in [0.3, 0.4) is 0 Å². The van der Waals surface area contributed by atoms with Gasteiger partial charge in [0, 0.05) is 66.1 Å². The standard InChI is InChI=1S/C109H69NO3/c1-106(2)89-54-67(46-49-76(89)99-93(106)56-79(62-25-6-5-7-26-62)105-103(99)78-35-17-23-41-96(78)113-105)110(66-45-48-75-88(53-66)107(3,4)94-57-80(64-43-42-61-24-8-9-27-63(61)52-64)104-102(98(75)94)69-29-11-10-28-65(69)60-111-104)68-44-47-74-81-58-92-82(59-91(81)109(90(74)55-68)85-38-20-14-32-72(85)73-33-15-21-39-86(73)109)100-87(50-51-97-101(100)77-34-16-22-40-95(77)112-97)108(92)83-36-18-12-30-70(83)71-31-13-19-37-84(71)108/h5-59H,60H2,1-4H3. The largest absolute Gasteiger partial charge is 0.488 e. The number of nitrogens with zero attached hydrogens (tertiary/aromatic N) is 1. The number of furan rings is 2. The molecule has 2 spiro atoms. The van der Waals surface area contributed by atoms with Gasteiger partial charge in [-0.3, -0.25) is 0 Å². The molecule has 6 aliphatic carbocycles. The highest BCUT2D eigenvalue weighted by atomic mass is 16.5. The molecule has 0 saturated carbocycles. The van der Waals surface area contributed by atoms with Crippen molar-refractivity contribution in [3.8, 4) is 106 Å². The van der Waals surface area contributed by atoms with Crippen LogP contribution in [0.5, 0.6) is 5.75 Å². The summed E-state index contributed by atoms with van der Waals surface area (Å²) in [7, 11) is 0. The first-order chi connectivity index (χ1) is 55.5. The summed E-state index contributed by atoms with van der Waals surface area (Å²) in [4.78, 5) is 2.60. The topological polar surface area (TPSA) is 38.8 Å². The van der Waals surface area contributed by atoms with E-state index in [0.717, 1.165) is 88.9 Å². The molecule has 0 unspecified atom stereocenters. The molecular weight excluding hydrogens is 1370 g/mol. The predicted molar refractivity (Wildman–Crippen MR) is 462 cm³/mol. The second-order valence-electron chi connectivity index (χ2n) is 33.4. The van der Waals surface area contributed by atoms with Gasteiger partial charge < -0.3 is 18.5 Å². The zero-order valence-electron chi connectivity index (χ0n) is 62.6. The summed E-state index contributed by atoms with van der Waals surface area (Å²) in [6.45, 7) is 10.3. The Hall–Kier alpha value is -13.8. The normalized spacial score (nSPS) is 15.2. The minimum Gasteiger partial charge on any atom is -0.488 e. The predicted octanol–water partition coefficient (Wildman–Crippen LogP) is 28.3. The summed E-state index contributed by atoms with van der Waals surface area (Å²) in [5, 5.41) is 7.01. The average molecular weight is 1440 g/mol. The van der Waals surface area contributed by atoms with E-state index >= 15 is 0 Å². The molecule has 0 amide bonds. The second-order valence-corrected chi connectivity index (χ2v) is 33.4. The molecule has 528 valence electrons. The summed E-state index contributed by atoms with van der Waals surface area (Å²) in [5.74, 6) is 0.944. The summed E-state index contributed by atoms with van der Waals surface area (Å²) >= 11 is 0. The molecule has 2 aromatic heterocycles. The molecular formula is C109H69NO3. The van der Waals surface area contributed by atoms with Crippen LogP contribution >= 0.6 is 0 Å². The van der Waals surface area contributed by atoms with E-state index in [-0.39, 0.29) is 0 Å². The van der Waals surface area contributed by atoms with Crippen LogP contribution in [-0.2, 0) is 28.3 Å². The van der Waals surface area contributed by atoms with Gasteiger partial charge in [0.2, 0.25) is 0 Å². The number of para-hydroxylation sites is 2. The summed E-state index contributed by atoms with van der Waals surface area (Å²) in [6, 6.07) is 127. The Morgan fingerprint density at radius 2 is 0.726 bits per heavy atom. The number of hydrogen-bond acceptors (Lipinski definition) is 4. The maximum atomic E-state index is 7.13. The first kappa shape index (κ1) is 62.0. The molecule has 4 nitrogen and oxygen atoms in total. The Labute approximate surface area is 653 Å². The third-order valence-corrected chi connectivity index (χ3v) is 27.5. The lowest BCUT2D eigenvalue weighted by Gasteiger charge is -2.33. The van der Waals surface area contributed by atoms with Crippen molar-refractivity contribution in [3.63, 3.8) is 0 Å². The van der Waals surface area contributed by atoms with Crippen molar-refractivity contribution in [2.45, 2.75) is 56.0 Å². The highest BCUT2D eigenvalue weighted by Crippen LogP contribution is 2.70. The fourth-order valence-corrected chi connectivity index (χ4v) is 22.7. The van der Waals surface area contributed by atoms with Crippen molar-refractivity contribution in [2.24, 2.45) is 0 Å². The molecule has 3 heterocycles. The van der Waals surface area contributed by atoms with Crippen molar-refractivity contribution < 1.29 is 13.6 Å². The van der Waals surface area contributed by atoms with Crippen molar-refractivity contribution in [1.29, 1.82) is 0 Å². The Morgan fingerprint density at radius 3 is 1.39 bits per heavy atom. The van der Waals surface area contributed by atoms with Crippen molar-refractivity contribution in [2.75, 3.05) is 4.90 Å². The van der Waals surface area contributed by atoms with Gasteiger partial charge in [-0.15, -0.1) is 0 Å². The van der Waals surface area contributed by atoms with E-state index in [9.17, 15) is 0 Å². The van der Waals surface area contributed by atoms with E-state index in [0.29, 0.717) is 6.61 Å². The lowest BCUT2D eigenvalue weighted by Crippen LogP contribution is -2.27. The number of benzene rings is 17. The molecule has 4 heteroatoms. The number of hydrogen-bond donors (Lipinski definition) is 0. The fourth-order valence-electron chi connectivity index (χ4n) is 22.7. The second kappa shape index (κ2) is 21.6. The van der Waals surface area contributed by atoms with Crippen LogP contribution in [0.2, 0.25) is 0 Å². The molecule has 17 aromatic carbocycles. The summed E-state index contributed by atoms with van der Waals surface area (Å²) < 4.78 is 21.1. The van der Waals surface area contributed by atoms with Crippen LogP contribution in [0, 0.1) is 0 Å². The molecule has 7 aliphatic rings. The maximum Gasteiger partial charge on any atom is 0.143 e. The molecule has 0 radical (unpaired) electrons. The van der Waals surface area contributed by atoms with Crippen LogP contribution in [0.15, 0.2) is 342 Å². The van der Waals surface area contributed by atoms with Gasteiger partial charge in [-0.25, -0.2) is 0 Å². The SMILES string of the molecule is CC1(C)c2cc(N(c3ccc4c(c3)C(C)(C)c3cc(-c5ccccc5)c5oc6ccccc6c5c3-4)c3ccc4c(c3)C3(c5ccccc5-c5ccccc53)c3cc5c(cc3-4)C3(c4ccccc4-c4ccccc43)c3ccc4oc6ccccc6c4c3-5)ccc2-c2c1cc(-c1ccc3ccccc3c1)c1c2-c2ccccc2CO1. The molecule has 0 atom stereocenters. The van der Waals surface area contributed by atoms with Gasteiger partial charge in [-0.2, -0.15) is 0 Å². The van der Waals surface area contributed by atoms with E-state index in [2.05, 4.69) is 366 Å². The smallest absolute Gasteiger partial charge is 0.143 e. The van der Waals surface area contributed by atoms with E-state index in [1.165, 1.54) is 161 Å². The van der Waals surface area contributed by atoms with Gasteiger partial charge in [-0.05, 0) is 251 Å². The van der Waals surface area contributed by atoms with E-state index < -0.39 is 21.7 Å². The average Bonchev–Trinajstić information content (AvgIpc) is 1.48. The van der Waals surface area contributed by atoms with Crippen LogP contribution < -0.4 is 9.64 Å². The Morgan fingerprint density at radius 1 is 0.257 bits per heavy atom.